The summed E-state index contributed by atoms with van der Waals surface area (Å²) < 4.78 is 4.75. The Bertz CT molecular complexity index is 872. The Kier molecular flexibility index (Phi) is 6.31. The highest BCUT2D eigenvalue weighted by atomic mass is 35.5. The van der Waals surface area contributed by atoms with Crippen molar-refractivity contribution in [1.82, 2.24) is 5.32 Å². The molecule has 1 aliphatic heterocycles. The lowest BCUT2D eigenvalue weighted by Crippen LogP contribution is -2.36. The van der Waals surface area contributed by atoms with E-state index in [4.69, 9.17) is 16.3 Å². The number of ether oxygens (including phenoxy) is 1. The van der Waals surface area contributed by atoms with Gasteiger partial charge in [0.05, 0.1) is 36.2 Å². The predicted molar refractivity (Wildman–Crippen MR) is 106 cm³/mol. The van der Waals surface area contributed by atoms with Crippen LogP contribution in [-0.2, 0) is 19.1 Å². The van der Waals surface area contributed by atoms with Crippen molar-refractivity contribution in [1.29, 1.82) is 0 Å². The summed E-state index contributed by atoms with van der Waals surface area (Å²) >= 11 is 6.19. The van der Waals surface area contributed by atoms with Crippen molar-refractivity contribution in [2.45, 2.75) is 18.9 Å². The fourth-order valence-corrected chi connectivity index (χ4v) is 3.50. The summed E-state index contributed by atoms with van der Waals surface area (Å²) in [6.45, 7) is 0.244. The lowest BCUT2D eigenvalue weighted by Gasteiger charge is -2.21. The molecule has 2 aromatic carbocycles. The molecule has 0 radical (unpaired) electrons. The predicted octanol–water partition coefficient (Wildman–Crippen LogP) is 3.11. The van der Waals surface area contributed by atoms with E-state index in [-0.39, 0.29) is 31.2 Å². The summed E-state index contributed by atoms with van der Waals surface area (Å²) in [4.78, 5) is 38.6. The molecule has 0 saturated carbocycles. The normalized spacial score (nSPS) is 17.3. The van der Waals surface area contributed by atoms with Crippen LogP contribution in [0.3, 0.4) is 0 Å². The van der Waals surface area contributed by atoms with Crippen molar-refractivity contribution in [2.24, 2.45) is 5.92 Å². The molecule has 0 spiro atoms. The van der Waals surface area contributed by atoms with Crippen LogP contribution in [0.2, 0.25) is 5.02 Å². The van der Waals surface area contributed by atoms with Crippen molar-refractivity contribution in [2.75, 3.05) is 18.6 Å². The van der Waals surface area contributed by atoms with E-state index in [9.17, 15) is 14.4 Å². The molecule has 7 heteroatoms. The monoisotopic (exact) mass is 400 g/mol. The largest absolute Gasteiger partial charge is 0.469 e. The maximum atomic E-state index is 12.8. The third kappa shape index (κ3) is 4.51. The van der Waals surface area contributed by atoms with Crippen molar-refractivity contribution in [3.05, 3.63) is 65.2 Å². The van der Waals surface area contributed by atoms with Gasteiger partial charge >= 0.3 is 5.97 Å². The van der Waals surface area contributed by atoms with Crippen molar-refractivity contribution >= 4 is 35.1 Å². The first kappa shape index (κ1) is 19.9. The van der Waals surface area contributed by atoms with Gasteiger partial charge in [-0.3, -0.25) is 14.4 Å². The molecular formula is C21H21ClN2O4. The molecule has 0 bridgehead atoms. The molecule has 3 rings (SSSR count). The Morgan fingerprint density at radius 3 is 2.54 bits per heavy atom. The number of rotatable bonds is 6. The van der Waals surface area contributed by atoms with Crippen LogP contribution in [0.5, 0.6) is 0 Å². The van der Waals surface area contributed by atoms with Crippen LogP contribution >= 0.6 is 11.6 Å². The van der Waals surface area contributed by atoms with E-state index in [0.717, 1.165) is 5.56 Å². The summed E-state index contributed by atoms with van der Waals surface area (Å²) in [7, 11) is 1.31. The van der Waals surface area contributed by atoms with Gasteiger partial charge in [0.25, 0.3) is 0 Å². The molecule has 2 amide bonds. The molecule has 1 saturated heterocycles. The average Bonchev–Trinajstić information content (AvgIpc) is 3.10. The first-order chi connectivity index (χ1) is 13.5. The van der Waals surface area contributed by atoms with Crippen LogP contribution in [0.15, 0.2) is 54.6 Å². The lowest BCUT2D eigenvalue weighted by molar-refractivity contribution is -0.141. The number of benzene rings is 2. The number of hydrogen-bond donors (Lipinski definition) is 1. The van der Waals surface area contributed by atoms with Gasteiger partial charge in [-0.15, -0.1) is 0 Å². The number of halogens is 1. The van der Waals surface area contributed by atoms with Gasteiger partial charge in [-0.1, -0.05) is 54.1 Å². The van der Waals surface area contributed by atoms with E-state index in [2.05, 4.69) is 5.32 Å². The highest BCUT2D eigenvalue weighted by molar-refractivity contribution is 6.33. The second-order valence-corrected chi connectivity index (χ2v) is 7.02. The quantitative estimate of drug-likeness (QED) is 0.756. The number of hydrogen-bond acceptors (Lipinski definition) is 4. The van der Waals surface area contributed by atoms with Crippen LogP contribution in [0, 0.1) is 5.92 Å². The number of methoxy groups -OCH3 is 1. The molecular weight excluding hydrogens is 380 g/mol. The molecule has 146 valence electrons. The molecule has 2 unspecified atom stereocenters. The summed E-state index contributed by atoms with van der Waals surface area (Å²) in [6, 6.07) is 15.7. The van der Waals surface area contributed by atoms with Crippen molar-refractivity contribution < 1.29 is 19.1 Å². The van der Waals surface area contributed by atoms with Crippen LogP contribution in [0.1, 0.15) is 24.4 Å². The smallest absolute Gasteiger partial charge is 0.307 e. The molecule has 0 aromatic heterocycles. The molecule has 2 atom stereocenters. The summed E-state index contributed by atoms with van der Waals surface area (Å²) in [6.07, 6.45) is 0.109. The van der Waals surface area contributed by atoms with E-state index in [0.29, 0.717) is 10.7 Å². The molecule has 1 fully saturated rings. The third-order valence-electron chi connectivity index (χ3n) is 4.76. The van der Waals surface area contributed by atoms with Crippen LogP contribution in [0.4, 0.5) is 5.69 Å². The number of amides is 2. The molecule has 1 N–H and O–H groups in total. The Balaban J connectivity index is 1.73. The highest BCUT2D eigenvalue weighted by Gasteiger charge is 2.36. The van der Waals surface area contributed by atoms with Crippen LogP contribution < -0.4 is 10.2 Å². The number of esters is 1. The maximum absolute atomic E-state index is 12.8. The first-order valence-corrected chi connectivity index (χ1v) is 9.34. The van der Waals surface area contributed by atoms with Crippen molar-refractivity contribution in [3.8, 4) is 0 Å². The van der Waals surface area contributed by atoms with E-state index in [1.54, 1.807) is 24.3 Å². The zero-order valence-electron chi connectivity index (χ0n) is 15.4. The van der Waals surface area contributed by atoms with Gasteiger partial charge in [0, 0.05) is 13.0 Å². The number of nitrogens with zero attached hydrogens (tertiary/aromatic N) is 1. The zero-order chi connectivity index (χ0) is 20.1. The van der Waals surface area contributed by atoms with E-state index < -0.39 is 17.9 Å². The molecule has 6 nitrogen and oxygen atoms in total. The van der Waals surface area contributed by atoms with Gasteiger partial charge in [-0.2, -0.15) is 0 Å². The minimum Gasteiger partial charge on any atom is -0.469 e. The number of carbonyl (C=O) groups excluding carboxylic acids is 3. The van der Waals surface area contributed by atoms with Gasteiger partial charge in [-0.25, -0.2) is 0 Å². The lowest BCUT2D eigenvalue weighted by atomic mass is 10.0. The zero-order valence-corrected chi connectivity index (χ0v) is 16.2. The number of para-hydroxylation sites is 1. The van der Waals surface area contributed by atoms with Crippen LogP contribution in [-0.4, -0.2) is 31.4 Å². The van der Waals surface area contributed by atoms with Gasteiger partial charge in [-0.05, 0) is 17.7 Å². The average molecular weight is 401 g/mol. The van der Waals surface area contributed by atoms with E-state index >= 15 is 0 Å². The second-order valence-electron chi connectivity index (χ2n) is 6.61. The maximum Gasteiger partial charge on any atom is 0.307 e. The topological polar surface area (TPSA) is 75.7 Å². The van der Waals surface area contributed by atoms with Gasteiger partial charge < -0.3 is 15.0 Å². The number of anilines is 1. The Labute approximate surface area is 168 Å². The van der Waals surface area contributed by atoms with Gasteiger partial charge in [0.15, 0.2) is 0 Å². The van der Waals surface area contributed by atoms with E-state index in [1.165, 1.54) is 12.0 Å². The third-order valence-corrected chi connectivity index (χ3v) is 5.08. The molecule has 2 aromatic rings. The minimum atomic E-state index is -0.523. The molecule has 28 heavy (non-hydrogen) atoms. The standard InChI is InChI=1S/C21H21ClN2O4/c1-28-20(26)12-17(14-7-3-2-4-8-14)23-21(27)15-11-19(25)24(13-15)18-10-6-5-9-16(18)22/h2-10,15,17H,11-13H2,1H3,(H,23,27). The first-order valence-electron chi connectivity index (χ1n) is 8.96. The Morgan fingerprint density at radius 1 is 1.18 bits per heavy atom. The highest BCUT2D eigenvalue weighted by Crippen LogP contribution is 2.31. The SMILES string of the molecule is COC(=O)CC(NC(=O)C1CC(=O)N(c2ccccc2Cl)C1)c1ccccc1. The molecule has 0 aliphatic carbocycles. The van der Waals surface area contributed by atoms with E-state index in [1.807, 2.05) is 30.3 Å². The van der Waals surface area contributed by atoms with Crippen molar-refractivity contribution in [3.63, 3.8) is 0 Å². The number of nitrogens with one attached hydrogen (secondary N) is 1. The summed E-state index contributed by atoms with van der Waals surface area (Å²) in [5, 5.41) is 3.36. The Morgan fingerprint density at radius 2 is 1.86 bits per heavy atom. The molecule has 1 aliphatic rings. The summed E-state index contributed by atoms with van der Waals surface area (Å²) in [5.41, 5.74) is 1.40. The fraction of sp³-hybridized carbons (Fsp3) is 0.286. The number of carbonyl (C=O) groups is 3. The summed E-state index contributed by atoms with van der Waals surface area (Å²) in [5.74, 6) is -1.37. The van der Waals surface area contributed by atoms with Gasteiger partial charge in [0.2, 0.25) is 11.8 Å². The van der Waals surface area contributed by atoms with Crippen LogP contribution in [0.25, 0.3) is 0 Å². The fourth-order valence-electron chi connectivity index (χ4n) is 3.26. The minimum absolute atomic E-state index is 0.0150. The Hall–Kier alpha value is -2.86. The second kappa shape index (κ2) is 8.89. The molecule has 1 heterocycles. The van der Waals surface area contributed by atoms with Gasteiger partial charge in [0.1, 0.15) is 0 Å².